The molecular weight excluding hydrogens is 971 g/mol. The van der Waals surface area contributed by atoms with Gasteiger partial charge in [-0.3, -0.25) is 24.6 Å². The number of alkyl halides is 6. The number of carbonyl (C=O) groups excluding carboxylic acids is 1. The molecule has 372 valence electrons. The second-order valence-electron chi connectivity index (χ2n) is 16.5. The van der Waals surface area contributed by atoms with Gasteiger partial charge in [-0.1, -0.05) is 48.0 Å². The number of aliphatic carboxylic acids is 1. The molecule has 1 atom stereocenters. The lowest BCUT2D eigenvalue weighted by Crippen LogP contribution is -2.51. The van der Waals surface area contributed by atoms with Crippen molar-refractivity contribution in [1.29, 1.82) is 0 Å². The average Bonchev–Trinajstić information content (AvgIpc) is 3.69. The zero-order valence-corrected chi connectivity index (χ0v) is 39.5. The number of rotatable bonds is 13. The third-order valence-corrected chi connectivity index (χ3v) is 13.4. The first kappa shape index (κ1) is 51.7. The van der Waals surface area contributed by atoms with Crippen LogP contribution in [0, 0.1) is 12.7 Å². The maximum atomic E-state index is 14.5. The topological polar surface area (TPSA) is 142 Å². The monoisotopic (exact) mass is 1020 g/mol. The predicted molar refractivity (Wildman–Crippen MR) is 250 cm³/mol. The lowest BCUT2D eigenvalue weighted by molar-refractivity contribution is -0.149. The third kappa shape index (κ3) is 13.2. The fraction of sp³-hybridized carbons (Fsp3) is 0.375. The standard InChI is InChI=1S/C48H47ClF7N7O6S/c1-28-35-10-7-31(41(28)49)25-63(20-19-61-15-17-62(18-16-61)27-48(54,55)56)38(64)23-29-4-11-36(68-26-34-12-14-59-46(60-34)67-21-13-47(51,52)53)32(22-29)24-37(45(65)66)69-43(57-2)40-39(35)42(70-44(40)58-3)30-5-8-33(50)9-6-30/h4-12,14,22,37H,3,13,15-21,23-27H2,1-2H3,(H,65,66)/b57-43+/t37-/m1/s1. The number of hydrogen-bond donors (Lipinski definition) is 1. The predicted octanol–water partition coefficient (Wildman–Crippen LogP) is 9.37. The summed E-state index contributed by atoms with van der Waals surface area (Å²) in [6, 6.07) is 15.3. The van der Waals surface area contributed by atoms with Crippen LogP contribution in [0.2, 0.25) is 5.02 Å². The molecule has 3 aliphatic rings. The molecule has 5 heterocycles. The largest absolute Gasteiger partial charge is 0.487 e. The first-order chi connectivity index (χ1) is 33.3. The molecule has 22 heteroatoms. The van der Waals surface area contributed by atoms with E-state index in [-0.39, 0.29) is 74.9 Å². The number of piperazine rings is 1. The number of ether oxygens (including phenoxy) is 3. The van der Waals surface area contributed by atoms with Crippen molar-refractivity contribution in [3.05, 3.63) is 111 Å². The van der Waals surface area contributed by atoms with Crippen LogP contribution in [0.15, 0.2) is 76.8 Å². The van der Waals surface area contributed by atoms with Crippen molar-refractivity contribution >= 4 is 52.4 Å². The molecule has 1 amide bonds. The van der Waals surface area contributed by atoms with Crippen LogP contribution in [-0.2, 0) is 40.3 Å². The Balaban J connectivity index is 1.29. The van der Waals surface area contributed by atoms with Crippen molar-refractivity contribution in [3.63, 3.8) is 0 Å². The molecule has 3 aliphatic heterocycles. The Morgan fingerprint density at radius 1 is 0.957 bits per heavy atom. The molecule has 3 aromatic carbocycles. The Morgan fingerprint density at radius 2 is 1.69 bits per heavy atom. The minimum Gasteiger partial charge on any atom is -0.487 e. The maximum Gasteiger partial charge on any atom is 0.401 e. The van der Waals surface area contributed by atoms with Crippen LogP contribution in [0.3, 0.4) is 0 Å². The number of benzene rings is 3. The number of fused-ring (bicyclic) bond motifs is 8. The Labute approximate surface area is 407 Å². The summed E-state index contributed by atoms with van der Waals surface area (Å²) in [6.07, 6.45) is -10.9. The number of amides is 1. The van der Waals surface area contributed by atoms with Gasteiger partial charge in [-0.15, -0.1) is 11.3 Å². The van der Waals surface area contributed by atoms with Gasteiger partial charge in [0.2, 0.25) is 17.9 Å². The van der Waals surface area contributed by atoms with E-state index in [1.807, 2.05) is 11.0 Å². The molecule has 5 aromatic rings. The summed E-state index contributed by atoms with van der Waals surface area (Å²) in [6.45, 7) is 5.31. The number of carboxylic acids is 1. The number of hydrogen-bond acceptors (Lipinski definition) is 12. The summed E-state index contributed by atoms with van der Waals surface area (Å²) in [5.74, 6) is -2.14. The molecule has 0 unspecified atom stereocenters. The van der Waals surface area contributed by atoms with Crippen LogP contribution in [0.25, 0.3) is 21.6 Å². The Kier molecular flexibility index (Phi) is 16.5. The molecule has 1 N–H and O–H groups in total. The number of carbonyl (C=O) groups is 2. The van der Waals surface area contributed by atoms with Crippen LogP contribution < -0.4 is 9.47 Å². The lowest BCUT2D eigenvalue weighted by Gasteiger charge is -2.36. The van der Waals surface area contributed by atoms with Gasteiger partial charge in [0.15, 0.2) is 0 Å². The first-order valence-electron chi connectivity index (χ1n) is 21.9. The maximum absolute atomic E-state index is 14.5. The van der Waals surface area contributed by atoms with Crippen LogP contribution in [-0.4, -0.2) is 132 Å². The number of thiophene rings is 1. The highest BCUT2D eigenvalue weighted by molar-refractivity contribution is 7.20. The minimum absolute atomic E-state index is 0.0500. The van der Waals surface area contributed by atoms with Crippen molar-refractivity contribution in [3.8, 4) is 33.3 Å². The number of halogens is 8. The average molecular weight is 1020 g/mol. The molecule has 0 saturated carbocycles. The van der Waals surface area contributed by atoms with Crippen LogP contribution in [0.4, 0.5) is 35.7 Å². The van der Waals surface area contributed by atoms with Crippen LogP contribution >= 0.6 is 22.9 Å². The van der Waals surface area contributed by atoms with E-state index in [9.17, 15) is 45.4 Å². The van der Waals surface area contributed by atoms with Gasteiger partial charge in [-0.25, -0.2) is 14.2 Å². The van der Waals surface area contributed by atoms with Gasteiger partial charge < -0.3 is 24.2 Å². The highest BCUT2D eigenvalue weighted by Crippen LogP contribution is 2.50. The summed E-state index contributed by atoms with van der Waals surface area (Å²) in [4.78, 5) is 50.1. The zero-order chi connectivity index (χ0) is 50.3. The molecule has 1 saturated heterocycles. The Morgan fingerprint density at radius 3 is 2.36 bits per heavy atom. The highest BCUT2D eigenvalue weighted by atomic mass is 35.5. The van der Waals surface area contributed by atoms with E-state index in [0.717, 1.165) is 0 Å². The van der Waals surface area contributed by atoms with Gasteiger partial charge >= 0.3 is 24.3 Å². The molecular formula is C48H47ClF7N7O6S. The summed E-state index contributed by atoms with van der Waals surface area (Å²) >= 11 is 8.43. The molecule has 2 aromatic heterocycles. The van der Waals surface area contributed by atoms with Crippen LogP contribution in [0.5, 0.6) is 11.8 Å². The molecule has 0 spiro atoms. The van der Waals surface area contributed by atoms with Crippen LogP contribution in [0.1, 0.15) is 39.9 Å². The van der Waals surface area contributed by atoms with E-state index in [2.05, 4.69) is 26.7 Å². The van der Waals surface area contributed by atoms with E-state index in [0.29, 0.717) is 79.0 Å². The quantitative estimate of drug-likeness (QED) is 0.0896. The number of aliphatic imine (C=N–C) groups is 2. The fourth-order valence-electron chi connectivity index (χ4n) is 8.11. The van der Waals surface area contributed by atoms with Gasteiger partial charge in [0.25, 0.3) is 0 Å². The van der Waals surface area contributed by atoms with E-state index in [4.69, 9.17) is 25.8 Å². The van der Waals surface area contributed by atoms with Gasteiger partial charge in [0.1, 0.15) is 29.8 Å². The molecule has 4 bridgehead atoms. The SMILES string of the molecule is C=Nc1sc(-c2ccc(F)cc2)c2c1/C(=N\C)O[C@@H](C(=O)O)Cc1cc(ccc1OCc1ccnc(OCCC(F)(F)F)n1)CC(=O)N(CCN1CCN(CC(F)(F)F)CC1)Cc1ccc-2c(C)c1Cl. The summed E-state index contributed by atoms with van der Waals surface area (Å²) in [5, 5.41) is 11.4. The second-order valence-corrected chi connectivity index (χ2v) is 17.9. The number of carboxylic acid groups (broad SMARTS) is 1. The summed E-state index contributed by atoms with van der Waals surface area (Å²) in [5.41, 5.74) is 4.11. The van der Waals surface area contributed by atoms with Crippen molar-refractivity contribution in [2.45, 2.75) is 57.8 Å². The minimum atomic E-state index is -4.45. The fourth-order valence-corrected chi connectivity index (χ4v) is 9.45. The second kappa shape index (κ2) is 22.3. The summed E-state index contributed by atoms with van der Waals surface area (Å²) in [7, 11) is 1.42. The van der Waals surface area contributed by atoms with Crippen molar-refractivity contribution in [2.24, 2.45) is 9.98 Å². The molecule has 8 rings (SSSR count). The normalized spacial score (nSPS) is 17.0. The molecule has 70 heavy (non-hydrogen) atoms. The van der Waals surface area contributed by atoms with Gasteiger partial charge in [-0.2, -0.15) is 31.3 Å². The van der Waals surface area contributed by atoms with E-state index < -0.39 is 49.8 Å². The highest BCUT2D eigenvalue weighted by Gasteiger charge is 2.34. The van der Waals surface area contributed by atoms with Crippen molar-refractivity contribution < 1.29 is 59.6 Å². The summed E-state index contributed by atoms with van der Waals surface area (Å²) < 4.78 is 110. The van der Waals surface area contributed by atoms with Gasteiger partial charge in [0.05, 0.1) is 30.6 Å². The number of aromatic nitrogens is 2. The Hall–Kier alpha value is -6.16. The smallest absolute Gasteiger partial charge is 0.401 e. The van der Waals surface area contributed by atoms with Gasteiger partial charge in [0, 0.05) is 80.9 Å². The van der Waals surface area contributed by atoms with Crippen molar-refractivity contribution in [2.75, 3.05) is 59.5 Å². The lowest BCUT2D eigenvalue weighted by atomic mass is 9.93. The Bertz CT molecular complexity index is 2730. The molecule has 1 fully saturated rings. The van der Waals surface area contributed by atoms with E-state index >= 15 is 0 Å². The van der Waals surface area contributed by atoms with E-state index in [1.54, 1.807) is 48.2 Å². The molecule has 0 aliphatic carbocycles. The number of nitrogens with zero attached hydrogens (tertiary/aromatic N) is 7. The molecule has 0 radical (unpaired) electrons. The van der Waals surface area contributed by atoms with Crippen molar-refractivity contribution in [1.82, 2.24) is 24.7 Å². The molecule has 13 nitrogen and oxygen atoms in total. The third-order valence-electron chi connectivity index (χ3n) is 11.7. The zero-order valence-electron chi connectivity index (χ0n) is 37.9. The first-order valence-corrected chi connectivity index (χ1v) is 23.1. The van der Waals surface area contributed by atoms with E-state index in [1.165, 1.54) is 47.7 Å². The van der Waals surface area contributed by atoms with Gasteiger partial charge in [-0.05, 0) is 71.3 Å².